The molecule has 0 atom stereocenters. The predicted octanol–water partition coefficient (Wildman–Crippen LogP) is -1.30. The van der Waals surface area contributed by atoms with Crippen molar-refractivity contribution in [1.82, 2.24) is 10.2 Å². The molecule has 1 aromatic rings. The van der Waals surface area contributed by atoms with E-state index in [0.29, 0.717) is 10.8 Å². The molecule has 0 saturated heterocycles. The quantitative estimate of drug-likeness (QED) is 0.344. The molecule has 0 bridgehead atoms. The summed E-state index contributed by atoms with van der Waals surface area (Å²) in [4.78, 5) is 5.32. The van der Waals surface area contributed by atoms with Gasteiger partial charge in [0.15, 0.2) is 11.6 Å². The van der Waals surface area contributed by atoms with Crippen LogP contribution < -0.4 is 21.5 Å². The Morgan fingerprint density at radius 3 is 2.38 bits per heavy atom. The highest BCUT2D eigenvalue weighted by molar-refractivity contribution is 6.30. The molecular weight excluding hydrogens is 338 g/mol. The summed E-state index contributed by atoms with van der Waals surface area (Å²) >= 11 is 5.84. The first-order valence-electron chi connectivity index (χ1n) is 7.08. The van der Waals surface area contributed by atoms with Crippen LogP contribution in [0.4, 0.5) is 0 Å². The largest absolute Gasteiger partial charge is 0.452 e. The standard InChI is InChI=1S/C14H20ClN5O4/c15-9-1-3-11(4-2-9)24-12-5-18-14(16,17)19-13(12)20(8-23)10(6-21)7-22/h1-5,10,18,21-23H,6-8,16-17H2. The van der Waals surface area contributed by atoms with Gasteiger partial charge in [-0.1, -0.05) is 11.6 Å². The molecule has 0 aliphatic carbocycles. The SMILES string of the molecule is NC1(N)N=C(N(CO)C(CO)CO)C(Oc2ccc(Cl)cc2)=CN1. The van der Waals surface area contributed by atoms with Crippen LogP contribution in [0.2, 0.25) is 5.02 Å². The van der Waals surface area contributed by atoms with Gasteiger partial charge in [-0.3, -0.25) is 11.5 Å². The van der Waals surface area contributed by atoms with E-state index in [1.165, 1.54) is 11.1 Å². The molecule has 1 heterocycles. The van der Waals surface area contributed by atoms with Gasteiger partial charge in [0.05, 0.1) is 19.3 Å². The van der Waals surface area contributed by atoms with Crippen LogP contribution in [0.1, 0.15) is 0 Å². The van der Waals surface area contributed by atoms with Gasteiger partial charge in [-0.2, -0.15) is 0 Å². The second kappa shape index (κ2) is 7.79. The molecular formula is C14H20ClN5O4. The van der Waals surface area contributed by atoms with Crippen molar-refractivity contribution in [3.63, 3.8) is 0 Å². The summed E-state index contributed by atoms with van der Waals surface area (Å²) in [6, 6.07) is 5.78. The molecule has 10 heteroatoms. The number of hydrogen-bond acceptors (Lipinski definition) is 9. The minimum atomic E-state index is -1.62. The number of ether oxygens (including phenoxy) is 1. The summed E-state index contributed by atoms with van der Waals surface area (Å²) in [5.74, 6) is -0.872. The number of aliphatic imine (C=N–C) groups is 1. The first-order valence-corrected chi connectivity index (χ1v) is 7.46. The third-order valence-corrected chi connectivity index (χ3v) is 3.53. The summed E-state index contributed by atoms with van der Waals surface area (Å²) in [5, 5.41) is 31.6. The van der Waals surface area contributed by atoms with E-state index in [9.17, 15) is 15.3 Å². The van der Waals surface area contributed by atoms with E-state index in [2.05, 4.69) is 10.3 Å². The van der Waals surface area contributed by atoms with Crippen molar-refractivity contribution < 1.29 is 20.1 Å². The number of amidine groups is 1. The van der Waals surface area contributed by atoms with Crippen LogP contribution in [0.15, 0.2) is 41.2 Å². The minimum absolute atomic E-state index is 0.0873. The molecule has 1 aliphatic heterocycles. The zero-order chi connectivity index (χ0) is 17.7. The number of nitrogens with two attached hydrogens (primary N) is 2. The van der Waals surface area contributed by atoms with E-state index in [1.807, 2.05) is 0 Å². The Morgan fingerprint density at radius 2 is 1.83 bits per heavy atom. The zero-order valence-electron chi connectivity index (χ0n) is 12.8. The maximum atomic E-state index is 9.62. The Bertz CT molecular complexity index is 616. The Labute approximate surface area is 143 Å². The van der Waals surface area contributed by atoms with Crippen molar-refractivity contribution in [2.24, 2.45) is 16.5 Å². The average Bonchev–Trinajstić information content (AvgIpc) is 2.56. The van der Waals surface area contributed by atoms with Crippen LogP contribution in [-0.2, 0) is 0 Å². The second-order valence-electron chi connectivity index (χ2n) is 5.10. The number of nitrogens with one attached hydrogen (secondary N) is 1. The number of rotatable bonds is 6. The minimum Gasteiger partial charge on any atom is -0.452 e. The number of hydrogen-bond donors (Lipinski definition) is 6. The molecule has 0 unspecified atom stereocenters. The van der Waals surface area contributed by atoms with Crippen LogP contribution >= 0.6 is 11.6 Å². The fourth-order valence-corrected chi connectivity index (χ4v) is 2.16. The predicted molar refractivity (Wildman–Crippen MR) is 88.7 cm³/mol. The van der Waals surface area contributed by atoms with Crippen molar-refractivity contribution in [3.05, 3.63) is 41.2 Å². The molecule has 0 radical (unpaired) electrons. The van der Waals surface area contributed by atoms with Gasteiger partial charge in [-0.15, -0.1) is 0 Å². The molecule has 0 amide bonds. The lowest BCUT2D eigenvalue weighted by Crippen LogP contribution is -2.62. The summed E-state index contributed by atoms with van der Waals surface area (Å²) < 4.78 is 5.72. The van der Waals surface area contributed by atoms with E-state index < -0.39 is 31.9 Å². The van der Waals surface area contributed by atoms with Crippen LogP contribution in [0.3, 0.4) is 0 Å². The topological polar surface area (TPSA) is 150 Å². The van der Waals surface area contributed by atoms with Crippen LogP contribution in [0.25, 0.3) is 0 Å². The van der Waals surface area contributed by atoms with Crippen molar-refractivity contribution in [2.75, 3.05) is 19.9 Å². The molecule has 0 spiro atoms. The van der Waals surface area contributed by atoms with Gasteiger partial charge in [-0.25, -0.2) is 4.99 Å². The van der Waals surface area contributed by atoms with Gasteiger partial charge in [0.25, 0.3) is 0 Å². The molecule has 24 heavy (non-hydrogen) atoms. The van der Waals surface area contributed by atoms with Crippen molar-refractivity contribution in [3.8, 4) is 5.75 Å². The third-order valence-electron chi connectivity index (χ3n) is 3.27. The number of aliphatic hydroxyl groups is 3. The highest BCUT2D eigenvalue weighted by Crippen LogP contribution is 2.21. The van der Waals surface area contributed by atoms with Gasteiger partial charge < -0.3 is 30.3 Å². The Kier molecular flexibility index (Phi) is 5.99. The highest BCUT2D eigenvalue weighted by atomic mass is 35.5. The number of aliphatic hydroxyl groups excluding tert-OH is 3. The Balaban J connectivity index is 2.32. The molecule has 0 fully saturated rings. The smallest absolute Gasteiger partial charge is 0.241 e. The molecule has 0 saturated carbocycles. The fraction of sp³-hybridized carbons (Fsp3) is 0.357. The second-order valence-corrected chi connectivity index (χ2v) is 5.54. The summed E-state index contributed by atoms with van der Waals surface area (Å²) in [7, 11) is 0. The maximum absolute atomic E-state index is 9.62. The molecule has 0 aromatic heterocycles. The third kappa shape index (κ3) is 4.35. The first-order chi connectivity index (χ1) is 11.4. The lowest BCUT2D eigenvalue weighted by Gasteiger charge is -2.35. The maximum Gasteiger partial charge on any atom is 0.241 e. The van der Waals surface area contributed by atoms with Gasteiger partial charge in [0.2, 0.25) is 5.91 Å². The number of nitrogens with zero attached hydrogens (tertiary/aromatic N) is 2. The van der Waals surface area contributed by atoms with Gasteiger partial charge in [0, 0.05) is 11.2 Å². The van der Waals surface area contributed by atoms with E-state index in [4.69, 9.17) is 27.8 Å². The van der Waals surface area contributed by atoms with E-state index >= 15 is 0 Å². The Hall–Kier alpha value is -1.88. The highest BCUT2D eigenvalue weighted by Gasteiger charge is 2.31. The number of benzene rings is 1. The van der Waals surface area contributed by atoms with Crippen LogP contribution in [0.5, 0.6) is 5.75 Å². The Morgan fingerprint density at radius 1 is 1.21 bits per heavy atom. The molecule has 9 nitrogen and oxygen atoms in total. The van der Waals surface area contributed by atoms with Gasteiger partial charge >= 0.3 is 0 Å². The van der Waals surface area contributed by atoms with Crippen molar-refractivity contribution in [2.45, 2.75) is 12.0 Å². The summed E-state index contributed by atoms with van der Waals surface area (Å²) in [6.07, 6.45) is 1.39. The van der Waals surface area contributed by atoms with E-state index in [-0.39, 0.29) is 11.6 Å². The summed E-state index contributed by atoms with van der Waals surface area (Å²) in [5.41, 5.74) is 11.5. The zero-order valence-corrected chi connectivity index (χ0v) is 13.5. The lowest BCUT2D eigenvalue weighted by atomic mass is 10.2. The lowest BCUT2D eigenvalue weighted by molar-refractivity contribution is 0.0600. The average molecular weight is 358 g/mol. The molecule has 132 valence electrons. The fourth-order valence-electron chi connectivity index (χ4n) is 2.03. The molecule has 8 N–H and O–H groups in total. The normalized spacial score (nSPS) is 16.3. The molecule has 2 rings (SSSR count). The van der Waals surface area contributed by atoms with Gasteiger partial charge in [-0.05, 0) is 24.3 Å². The van der Waals surface area contributed by atoms with Crippen molar-refractivity contribution in [1.29, 1.82) is 0 Å². The molecule has 1 aromatic carbocycles. The molecule has 1 aliphatic rings. The first kappa shape index (κ1) is 18.5. The monoisotopic (exact) mass is 357 g/mol. The number of halogens is 1. The van der Waals surface area contributed by atoms with E-state index in [1.54, 1.807) is 24.3 Å². The van der Waals surface area contributed by atoms with E-state index in [0.717, 1.165) is 0 Å². The van der Waals surface area contributed by atoms with Crippen LogP contribution in [0, 0.1) is 0 Å². The van der Waals surface area contributed by atoms with Crippen molar-refractivity contribution >= 4 is 17.4 Å². The van der Waals surface area contributed by atoms with Gasteiger partial charge in [0.1, 0.15) is 12.5 Å². The summed E-state index contributed by atoms with van der Waals surface area (Å²) in [6.45, 7) is -1.37. The van der Waals surface area contributed by atoms with Crippen LogP contribution in [-0.4, -0.2) is 58.0 Å².